The molecule has 2 fully saturated rings. The van der Waals surface area contributed by atoms with Crippen molar-refractivity contribution in [3.8, 4) is 0 Å². The molecule has 1 saturated heterocycles. The van der Waals surface area contributed by atoms with E-state index in [1.807, 2.05) is 18.7 Å². The van der Waals surface area contributed by atoms with E-state index in [0.717, 1.165) is 13.1 Å². The summed E-state index contributed by atoms with van der Waals surface area (Å²) in [5.41, 5.74) is 0.333. The fourth-order valence-electron chi connectivity index (χ4n) is 3.80. The molecule has 3 rings (SSSR count). The van der Waals surface area contributed by atoms with Crippen LogP contribution in [0.2, 0.25) is 5.02 Å². The maximum absolute atomic E-state index is 14.0. The van der Waals surface area contributed by atoms with Crippen LogP contribution in [0.15, 0.2) is 12.1 Å². The molecule has 1 nitrogen and oxygen atoms in total. The summed E-state index contributed by atoms with van der Waals surface area (Å²) in [5.74, 6) is 0.662. The van der Waals surface area contributed by atoms with Crippen LogP contribution in [0.1, 0.15) is 34.6 Å². The van der Waals surface area contributed by atoms with Gasteiger partial charge in [0.2, 0.25) is 0 Å². The van der Waals surface area contributed by atoms with E-state index in [4.69, 9.17) is 11.6 Å². The molecule has 1 aliphatic carbocycles. The van der Waals surface area contributed by atoms with Gasteiger partial charge >= 0.3 is 0 Å². The summed E-state index contributed by atoms with van der Waals surface area (Å²) >= 11 is 5.74. The monoisotopic (exact) mass is 315 g/mol. The summed E-state index contributed by atoms with van der Waals surface area (Å²) in [5, 5.41) is -0.00987. The van der Waals surface area contributed by atoms with Gasteiger partial charge < -0.3 is 4.90 Å². The van der Waals surface area contributed by atoms with Crippen molar-refractivity contribution >= 4 is 17.3 Å². The minimum Gasteiger partial charge on any atom is -0.366 e. The molecular formula is C17H24ClF2N. The van der Waals surface area contributed by atoms with E-state index in [0.29, 0.717) is 17.8 Å². The normalized spacial score (nSPS) is 27.0. The molecule has 1 heterocycles. The lowest BCUT2D eigenvalue weighted by atomic mass is 9.87. The number of hydrogen-bond acceptors (Lipinski definition) is 1. The first-order valence-corrected chi connectivity index (χ1v) is 8.07. The summed E-state index contributed by atoms with van der Waals surface area (Å²) in [6, 6.07) is 2.51. The van der Waals surface area contributed by atoms with Crippen LogP contribution >= 0.6 is 11.6 Å². The van der Waals surface area contributed by atoms with Crippen molar-refractivity contribution in [1.82, 2.24) is 0 Å². The number of benzene rings is 1. The molecular weight excluding hydrogens is 292 g/mol. The van der Waals surface area contributed by atoms with E-state index in [2.05, 4.69) is 20.8 Å². The molecule has 0 bridgehead atoms. The zero-order chi connectivity index (χ0) is 15.9. The second kappa shape index (κ2) is 5.75. The molecule has 1 aromatic carbocycles. The van der Waals surface area contributed by atoms with E-state index in [1.165, 1.54) is 12.1 Å². The number of anilines is 1. The zero-order valence-electron chi connectivity index (χ0n) is 13.4. The Morgan fingerprint density at radius 2 is 1.62 bits per heavy atom. The van der Waals surface area contributed by atoms with Crippen molar-refractivity contribution in [2.24, 2.45) is 23.2 Å². The molecule has 0 amide bonds. The van der Waals surface area contributed by atoms with E-state index >= 15 is 0 Å². The van der Waals surface area contributed by atoms with Gasteiger partial charge in [0.15, 0.2) is 5.82 Å². The summed E-state index contributed by atoms with van der Waals surface area (Å²) in [6.45, 7) is 12.2. The predicted molar refractivity (Wildman–Crippen MR) is 84.9 cm³/mol. The highest BCUT2D eigenvalue weighted by molar-refractivity contribution is 6.31. The van der Waals surface area contributed by atoms with Gasteiger partial charge in [-0.2, -0.15) is 0 Å². The molecule has 2 aliphatic rings. The second-order valence-corrected chi connectivity index (χ2v) is 7.22. The van der Waals surface area contributed by atoms with Crippen molar-refractivity contribution in [2.45, 2.75) is 34.6 Å². The Kier molecular flexibility index (Phi) is 4.53. The van der Waals surface area contributed by atoms with Gasteiger partial charge in [-0.05, 0) is 35.3 Å². The van der Waals surface area contributed by atoms with Crippen molar-refractivity contribution in [3.63, 3.8) is 0 Å². The number of fused-ring (bicyclic) bond motifs is 1. The van der Waals surface area contributed by atoms with E-state index in [9.17, 15) is 8.78 Å². The van der Waals surface area contributed by atoms with Crippen LogP contribution in [0.5, 0.6) is 0 Å². The van der Waals surface area contributed by atoms with Crippen LogP contribution in [0.3, 0.4) is 0 Å². The van der Waals surface area contributed by atoms with Crippen LogP contribution in [0.25, 0.3) is 0 Å². The summed E-state index contributed by atoms with van der Waals surface area (Å²) in [6.07, 6.45) is 0. The third-order valence-electron chi connectivity index (χ3n) is 4.53. The molecule has 118 valence electrons. The van der Waals surface area contributed by atoms with E-state index in [1.54, 1.807) is 0 Å². The minimum atomic E-state index is -0.629. The van der Waals surface area contributed by atoms with E-state index in [-0.39, 0.29) is 16.1 Å². The van der Waals surface area contributed by atoms with Gasteiger partial charge in [0.05, 0.1) is 5.02 Å². The van der Waals surface area contributed by atoms with Gasteiger partial charge in [0.25, 0.3) is 0 Å². The first-order valence-electron chi connectivity index (χ1n) is 7.69. The lowest BCUT2D eigenvalue weighted by Crippen LogP contribution is -2.29. The van der Waals surface area contributed by atoms with Crippen LogP contribution in [0.4, 0.5) is 14.5 Å². The van der Waals surface area contributed by atoms with Crippen LogP contribution in [-0.4, -0.2) is 13.1 Å². The molecule has 1 aromatic rings. The number of halogens is 3. The molecule has 1 saturated carbocycles. The topological polar surface area (TPSA) is 3.24 Å². The Balaban J connectivity index is 0.000000774. The quantitative estimate of drug-likeness (QED) is 0.629. The number of nitrogens with zero attached hydrogens (tertiary/aromatic N) is 1. The average Bonchev–Trinajstić information content (AvgIpc) is 2.96. The maximum Gasteiger partial charge on any atom is 0.168 e. The highest BCUT2D eigenvalue weighted by atomic mass is 35.5. The summed E-state index contributed by atoms with van der Waals surface area (Å²) in [7, 11) is 0. The first kappa shape index (κ1) is 16.5. The lowest BCUT2D eigenvalue weighted by Gasteiger charge is -2.27. The van der Waals surface area contributed by atoms with Gasteiger partial charge in [-0.25, -0.2) is 8.78 Å². The molecule has 0 N–H and O–H groups in total. The van der Waals surface area contributed by atoms with Gasteiger partial charge in [0.1, 0.15) is 11.5 Å². The molecule has 2 atom stereocenters. The van der Waals surface area contributed by atoms with Gasteiger partial charge in [0, 0.05) is 13.1 Å². The fourth-order valence-corrected chi connectivity index (χ4v) is 3.95. The van der Waals surface area contributed by atoms with Crippen molar-refractivity contribution < 1.29 is 8.78 Å². The van der Waals surface area contributed by atoms with Crippen LogP contribution < -0.4 is 4.90 Å². The Hall–Kier alpha value is -0.830. The molecule has 1 aliphatic heterocycles. The van der Waals surface area contributed by atoms with Crippen LogP contribution in [0, 0.1) is 34.8 Å². The Morgan fingerprint density at radius 1 is 1.10 bits per heavy atom. The Labute approximate surface area is 131 Å². The highest BCUT2D eigenvalue weighted by Crippen LogP contribution is 2.60. The Bertz CT molecular complexity index is 512. The predicted octanol–water partition coefficient (Wildman–Crippen LogP) is 5.37. The van der Waals surface area contributed by atoms with Crippen molar-refractivity contribution in [3.05, 3.63) is 28.8 Å². The first-order chi connectivity index (χ1) is 9.80. The third-order valence-corrected chi connectivity index (χ3v) is 4.82. The maximum atomic E-state index is 14.0. The molecule has 21 heavy (non-hydrogen) atoms. The van der Waals surface area contributed by atoms with Crippen LogP contribution in [-0.2, 0) is 0 Å². The molecule has 0 radical (unpaired) electrons. The Morgan fingerprint density at radius 3 is 2.10 bits per heavy atom. The number of piperidine rings is 1. The number of rotatable bonds is 1. The van der Waals surface area contributed by atoms with Gasteiger partial charge in [-0.15, -0.1) is 0 Å². The lowest BCUT2D eigenvalue weighted by molar-refractivity contribution is 0.308. The number of hydrogen-bond donors (Lipinski definition) is 0. The molecule has 4 heteroatoms. The van der Waals surface area contributed by atoms with Gasteiger partial charge in [-0.1, -0.05) is 46.2 Å². The molecule has 0 spiro atoms. The summed E-state index contributed by atoms with van der Waals surface area (Å²) < 4.78 is 27.8. The SMILES string of the molecule is CC.CC(C)(C)C1C2CN(c3c(F)ccc(Cl)c3F)CC21. The minimum absolute atomic E-state index is 0.00987. The smallest absolute Gasteiger partial charge is 0.168 e. The average molecular weight is 316 g/mol. The van der Waals surface area contributed by atoms with Crippen molar-refractivity contribution in [2.75, 3.05) is 18.0 Å². The largest absolute Gasteiger partial charge is 0.366 e. The van der Waals surface area contributed by atoms with E-state index < -0.39 is 11.6 Å². The summed E-state index contributed by atoms with van der Waals surface area (Å²) in [4.78, 5) is 1.81. The third kappa shape index (κ3) is 2.90. The van der Waals surface area contributed by atoms with Crippen molar-refractivity contribution in [1.29, 1.82) is 0 Å². The second-order valence-electron chi connectivity index (χ2n) is 6.82. The molecule has 0 aromatic heterocycles. The highest BCUT2D eigenvalue weighted by Gasteiger charge is 2.60. The molecule has 2 unspecified atom stereocenters. The fraction of sp³-hybridized carbons (Fsp3) is 0.647. The van der Waals surface area contributed by atoms with Gasteiger partial charge in [-0.3, -0.25) is 0 Å². The standard InChI is InChI=1S/C15H18ClF2N.C2H6/c1-15(2,3)12-8-6-19(7-9(8)12)14-11(17)5-4-10(16)13(14)18;1-2/h4-5,8-9,12H,6-7H2,1-3H3;1-2H3. The zero-order valence-corrected chi connectivity index (χ0v) is 14.1.